The fourth-order valence-corrected chi connectivity index (χ4v) is 3.34. The lowest BCUT2D eigenvalue weighted by atomic mass is 10.3. The quantitative estimate of drug-likeness (QED) is 0.690. The average molecular weight is 401 g/mol. The van der Waals surface area contributed by atoms with Crippen molar-refractivity contribution in [1.29, 1.82) is 0 Å². The van der Waals surface area contributed by atoms with E-state index in [2.05, 4.69) is 45.4 Å². The second-order valence-electron chi connectivity index (χ2n) is 4.38. The summed E-state index contributed by atoms with van der Waals surface area (Å²) in [4.78, 5) is 12.8. The lowest BCUT2D eigenvalue weighted by molar-refractivity contribution is -0.120. The van der Waals surface area contributed by atoms with Crippen LogP contribution in [0.25, 0.3) is 0 Å². The summed E-state index contributed by atoms with van der Waals surface area (Å²) >= 11 is 4.11. The van der Waals surface area contributed by atoms with Crippen molar-refractivity contribution in [1.82, 2.24) is 10.6 Å². The molecule has 1 aromatic heterocycles. The van der Waals surface area contributed by atoms with Gasteiger partial charge >= 0.3 is 0 Å². The third-order valence-corrected chi connectivity index (χ3v) is 4.69. The Bertz CT molecular complexity index is 382. The van der Waals surface area contributed by atoms with Crippen molar-refractivity contribution in [3.05, 3.63) is 19.9 Å². The van der Waals surface area contributed by atoms with Crippen LogP contribution in [-0.4, -0.2) is 25.5 Å². The monoisotopic (exact) mass is 400 g/mol. The first-order chi connectivity index (χ1) is 8.24. The number of hydrogen-bond acceptors (Lipinski definition) is 3. The van der Waals surface area contributed by atoms with Crippen LogP contribution in [0.4, 0.5) is 0 Å². The number of hydrogen-bond donors (Lipinski definition) is 2. The van der Waals surface area contributed by atoms with Crippen LogP contribution in [0, 0.1) is 8.80 Å². The first-order valence-electron chi connectivity index (χ1n) is 5.95. The Labute approximate surface area is 132 Å². The van der Waals surface area contributed by atoms with E-state index < -0.39 is 0 Å². The van der Waals surface area contributed by atoms with Crippen molar-refractivity contribution in [2.45, 2.75) is 19.3 Å². The standard InChI is InChI=1S/C12H17IN2OS.ClH/c13-11-4-3-10(17-11)5-6-15-12(16)8-14-7-9-1-2-9;/h3-4,9,14H,1-2,5-8H2,(H,15,16);1H. The largest absolute Gasteiger partial charge is 0.355 e. The number of halogens is 2. The highest BCUT2D eigenvalue weighted by Gasteiger charge is 2.20. The molecule has 102 valence electrons. The number of carbonyl (C=O) groups excluding carboxylic acids is 1. The van der Waals surface area contributed by atoms with Gasteiger partial charge in [0.15, 0.2) is 0 Å². The SMILES string of the molecule is Cl.O=C(CNCC1CC1)NCCc1ccc(I)s1. The van der Waals surface area contributed by atoms with Gasteiger partial charge in [0.25, 0.3) is 0 Å². The molecule has 1 aliphatic carbocycles. The molecule has 1 heterocycles. The Balaban J connectivity index is 0.00000162. The summed E-state index contributed by atoms with van der Waals surface area (Å²) in [6.45, 7) is 2.19. The molecule has 1 amide bonds. The molecule has 1 aromatic rings. The summed E-state index contributed by atoms with van der Waals surface area (Å²) in [6.07, 6.45) is 3.58. The molecule has 0 aliphatic heterocycles. The molecule has 0 atom stereocenters. The third-order valence-electron chi connectivity index (χ3n) is 2.74. The van der Waals surface area contributed by atoms with Gasteiger partial charge in [0.1, 0.15) is 0 Å². The zero-order chi connectivity index (χ0) is 12.1. The summed E-state index contributed by atoms with van der Waals surface area (Å²) in [5.74, 6) is 0.938. The number of thiophene rings is 1. The molecule has 0 bridgehead atoms. The van der Waals surface area contributed by atoms with E-state index in [4.69, 9.17) is 0 Å². The van der Waals surface area contributed by atoms with E-state index in [1.165, 1.54) is 20.6 Å². The van der Waals surface area contributed by atoms with Crippen LogP contribution in [0.15, 0.2) is 12.1 Å². The lowest BCUT2D eigenvalue weighted by Crippen LogP contribution is -2.35. The van der Waals surface area contributed by atoms with Crippen molar-refractivity contribution < 1.29 is 4.79 Å². The van der Waals surface area contributed by atoms with E-state index in [-0.39, 0.29) is 18.3 Å². The normalized spacial score (nSPS) is 14.1. The molecule has 1 saturated carbocycles. The Hall–Kier alpha value is 0.150. The zero-order valence-corrected chi connectivity index (χ0v) is 13.9. The summed E-state index contributed by atoms with van der Waals surface area (Å²) in [5.41, 5.74) is 0. The van der Waals surface area contributed by atoms with Gasteiger partial charge in [-0.05, 0) is 66.4 Å². The molecule has 6 heteroatoms. The molecule has 2 rings (SSSR count). The maximum absolute atomic E-state index is 11.5. The molecule has 0 aromatic carbocycles. The molecule has 3 nitrogen and oxygen atoms in total. The van der Waals surface area contributed by atoms with Gasteiger partial charge in [-0.15, -0.1) is 23.7 Å². The molecular weight excluding hydrogens is 383 g/mol. The van der Waals surface area contributed by atoms with Crippen molar-refractivity contribution >= 4 is 52.2 Å². The fraction of sp³-hybridized carbons (Fsp3) is 0.583. The molecule has 1 fully saturated rings. The van der Waals surface area contributed by atoms with Gasteiger partial charge in [-0.2, -0.15) is 0 Å². The van der Waals surface area contributed by atoms with E-state index in [9.17, 15) is 4.79 Å². The van der Waals surface area contributed by atoms with E-state index in [0.717, 1.165) is 25.4 Å². The van der Waals surface area contributed by atoms with E-state index >= 15 is 0 Å². The van der Waals surface area contributed by atoms with Crippen LogP contribution in [0.3, 0.4) is 0 Å². The van der Waals surface area contributed by atoms with Crippen LogP contribution >= 0.6 is 46.3 Å². The second-order valence-corrected chi connectivity index (χ2v) is 7.44. The Morgan fingerprint density at radius 2 is 2.22 bits per heavy atom. The van der Waals surface area contributed by atoms with Crippen molar-refractivity contribution in [3.8, 4) is 0 Å². The highest BCUT2D eigenvalue weighted by molar-refractivity contribution is 14.1. The Kier molecular flexibility index (Phi) is 7.51. The maximum Gasteiger partial charge on any atom is 0.233 e. The topological polar surface area (TPSA) is 41.1 Å². The number of amides is 1. The Morgan fingerprint density at radius 1 is 1.44 bits per heavy atom. The van der Waals surface area contributed by atoms with Crippen LogP contribution < -0.4 is 10.6 Å². The average Bonchev–Trinajstić information content (AvgIpc) is 3.02. The van der Waals surface area contributed by atoms with E-state index in [1.54, 1.807) is 11.3 Å². The predicted molar refractivity (Wildman–Crippen MR) is 86.6 cm³/mol. The number of rotatable bonds is 7. The highest BCUT2D eigenvalue weighted by Crippen LogP contribution is 2.27. The van der Waals surface area contributed by atoms with E-state index in [1.807, 2.05) is 0 Å². The minimum absolute atomic E-state index is 0. The first-order valence-corrected chi connectivity index (χ1v) is 7.85. The molecule has 0 radical (unpaired) electrons. The first kappa shape index (κ1) is 16.2. The molecule has 1 aliphatic rings. The molecular formula is C12H18ClIN2OS. The van der Waals surface area contributed by atoms with Crippen molar-refractivity contribution in [3.63, 3.8) is 0 Å². The summed E-state index contributed by atoms with van der Waals surface area (Å²) in [6, 6.07) is 4.24. The van der Waals surface area contributed by atoms with Gasteiger partial charge < -0.3 is 10.6 Å². The predicted octanol–water partition coefficient (Wildman–Crippen LogP) is 2.43. The van der Waals surface area contributed by atoms with Gasteiger partial charge in [-0.3, -0.25) is 4.79 Å². The maximum atomic E-state index is 11.5. The smallest absolute Gasteiger partial charge is 0.233 e. The minimum Gasteiger partial charge on any atom is -0.355 e. The summed E-state index contributed by atoms with van der Waals surface area (Å²) in [5, 5.41) is 6.13. The van der Waals surface area contributed by atoms with Gasteiger partial charge in [0.05, 0.1) is 9.43 Å². The van der Waals surface area contributed by atoms with Gasteiger partial charge in [0, 0.05) is 11.4 Å². The molecule has 2 N–H and O–H groups in total. The molecule has 0 unspecified atom stereocenters. The Morgan fingerprint density at radius 3 is 2.83 bits per heavy atom. The lowest BCUT2D eigenvalue weighted by Gasteiger charge is -2.05. The van der Waals surface area contributed by atoms with Gasteiger partial charge in [-0.25, -0.2) is 0 Å². The van der Waals surface area contributed by atoms with Gasteiger partial charge in [0.2, 0.25) is 5.91 Å². The van der Waals surface area contributed by atoms with Crippen molar-refractivity contribution in [2.75, 3.05) is 19.6 Å². The van der Waals surface area contributed by atoms with Gasteiger partial charge in [-0.1, -0.05) is 0 Å². The summed E-state index contributed by atoms with van der Waals surface area (Å²) in [7, 11) is 0. The van der Waals surface area contributed by atoms with Crippen LogP contribution in [0.1, 0.15) is 17.7 Å². The van der Waals surface area contributed by atoms with E-state index in [0.29, 0.717) is 6.54 Å². The fourth-order valence-electron chi connectivity index (χ4n) is 1.59. The van der Waals surface area contributed by atoms with Crippen molar-refractivity contribution in [2.24, 2.45) is 5.92 Å². The number of nitrogens with one attached hydrogen (secondary N) is 2. The highest BCUT2D eigenvalue weighted by atomic mass is 127. The molecule has 0 saturated heterocycles. The second kappa shape index (κ2) is 8.35. The van der Waals surface area contributed by atoms with Crippen LogP contribution in [0.2, 0.25) is 0 Å². The minimum atomic E-state index is 0. The molecule has 18 heavy (non-hydrogen) atoms. The molecule has 0 spiro atoms. The third kappa shape index (κ3) is 6.36. The summed E-state index contributed by atoms with van der Waals surface area (Å²) < 4.78 is 1.30. The number of carbonyl (C=O) groups is 1. The van der Waals surface area contributed by atoms with Crippen LogP contribution in [0.5, 0.6) is 0 Å². The van der Waals surface area contributed by atoms with Crippen LogP contribution in [-0.2, 0) is 11.2 Å². The zero-order valence-electron chi connectivity index (χ0n) is 10.1.